The van der Waals surface area contributed by atoms with Crippen molar-refractivity contribution in [3.8, 4) is 0 Å². The van der Waals surface area contributed by atoms with Crippen molar-refractivity contribution in [2.24, 2.45) is 5.41 Å². The van der Waals surface area contributed by atoms with Crippen molar-refractivity contribution < 1.29 is 26.7 Å². The lowest BCUT2D eigenvalue weighted by Gasteiger charge is -2.42. The number of halogens is 3. The van der Waals surface area contributed by atoms with Crippen LogP contribution in [0.15, 0.2) is 12.1 Å². The Bertz CT molecular complexity index is 883. The van der Waals surface area contributed by atoms with E-state index in [1.165, 1.54) is 4.31 Å². The lowest BCUT2D eigenvalue weighted by Crippen LogP contribution is -2.49. The molecule has 2 heterocycles. The third kappa shape index (κ3) is 5.12. The summed E-state index contributed by atoms with van der Waals surface area (Å²) < 4.78 is 59.4. The number of amides is 1. The molecular weight excluding hydrogens is 438 g/mol. The van der Waals surface area contributed by atoms with E-state index in [-0.39, 0.29) is 23.8 Å². The molecule has 0 spiro atoms. The van der Waals surface area contributed by atoms with Gasteiger partial charge in [0.15, 0.2) is 0 Å². The first-order valence-electron chi connectivity index (χ1n) is 10.2. The molecule has 2 aliphatic heterocycles. The molecule has 3 rings (SSSR count). The second-order valence-electron chi connectivity index (χ2n) is 8.04. The van der Waals surface area contributed by atoms with Crippen molar-refractivity contribution in [2.45, 2.75) is 45.1 Å². The van der Waals surface area contributed by atoms with Crippen LogP contribution in [-0.2, 0) is 14.8 Å². The lowest BCUT2D eigenvalue weighted by atomic mass is 9.74. The summed E-state index contributed by atoms with van der Waals surface area (Å²) in [5.41, 5.74) is -0.907. The van der Waals surface area contributed by atoms with Crippen molar-refractivity contribution in [1.82, 2.24) is 9.62 Å². The van der Waals surface area contributed by atoms with Gasteiger partial charge in [0.2, 0.25) is 10.0 Å². The van der Waals surface area contributed by atoms with Crippen LogP contribution in [0.1, 0.15) is 49.4 Å². The smallest absolute Gasteiger partial charge is 0.255 e. The van der Waals surface area contributed by atoms with Gasteiger partial charge in [-0.1, -0.05) is 11.6 Å². The van der Waals surface area contributed by atoms with Crippen LogP contribution in [-0.4, -0.2) is 56.7 Å². The zero-order valence-electron chi connectivity index (χ0n) is 16.9. The fourth-order valence-electron chi connectivity index (χ4n) is 4.25. The van der Waals surface area contributed by atoms with Crippen LogP contribution in [0.25, 0.3) is 0 Å². The lowest BCUT2D eigenvalue weighted by molar-refractivity contribution is 0.0361. The van der Waals surface area contributed by atoms with Gasteiger partial charge in [0.05, 0.1) is 22.4 Å². The first kappa shape index (κ1) is 23.4. The molecule has 0 aliphatic carbocycles. The molecule has 6 nitrogen and oxygen atoms in total. The van der Waals surface area contributed by atoms with E-state index >= 15 is 0 Å². The summed E-state index contributed by atoms with van der Waals surface area (Å²) in [7, 11) is -3.28. The minimum Gasteiger partial charge on any atom is -0.378 e. The topological polar surface area (TPSA) is 75.7 Å². The van der Waals surface area contributed by atoms with Crippen LogP contribution in [0, 0.1) is 17.0 Å². The van der Waals surface area contributed by atoms with Gasteiger partial charge < -0.3 is 10.1 Å². The summed E-state index contributed by atoms with van der Waals surface area (Å²) in [6, 6.07) is 1.74. The van der Waals surface area contributed by atoms with Gasteiger partial charge in [-0.3, -0.25) is 4.79 Å². The quantitative estimate of drug-likeness (QED) is 0.628. The molecular formula is C20H27ClF2N2O4S. The van der Waals surface area contributed by atoms with Crippen molar-refractivity contribution in [3.63, 3.8) is 0 Å². The summed E-state index contributed by atoms with van der Waals surface area (Å²) in [4.78, 5) is 12.6. The predicted molar refractivity (Wildman–Crippen MR) is 110 cm³/mol. The summed E-state index contributed by atoms with van der Waals surface area (Å²) in [6.07, 6.45) is 3.69. The van der Waals surface area contributed by atoms with Gasteiger partial charge in [-0.05, 0) is 56.6 Å². The number of benzene rings is 1. The first-order valence-corrected chi connectivity index (χ1v) is 12.2. The number of nitrogens with zero attached hydrogens (tertiary/aromatic N) is 1. The number of rotatable bonds is 7. The molecule has 0 aromatic heterocycles. The van der Waals surface area contributed by atoms with Crippen LogP contribution in [0.3, 0.4) is 0 Å². The van der Waals surface area contributed by atoms with E-state index in [0.29, 0.717) is 39.0 Å². The van der Waals surface area contributed by atoms with Gasteiger partial charge in [-0.25, -0.2) is 21.5 Å². The van der Waals surface area contributed by atoms with E-state index in [1.807, 2.05) is 0 Å². The van der Waals surface area contributed by atoms with Crippen molar-refractivity contribution in [3.05, 3.63) is 34.4 Å². The van der Waals surface area contributed by atoms with Gasteiger partial charge in [-0.15, -0.1) is 0 Å². The maximum absolute atomic E-state index is 14.1. The Morgan fingerprint density at radius 3 is 2.57 bits per heavy atom. The van der Waals surface area contributed by atoms with Crippen LogP contribution in [0.4, 0.5) is 8.78 Å². The summed E-state index contributed by atoms with van der Waals surface area (Å²) in [5, 5.41) is 2.15. The van der Waals surface area contributed by atoms with E-state index in [0.717, 1.165) is 25.0 Å². The summed E-state index contributed by atoms with van der Waals surface area (Å²) in [5.74, 6) is -2.50. The second-order valence-corrected chi connectivity index (χ2v) is 10.7. The van der Waals surface area contributed by atoms with Crippen molar-refractivity contribution in [2.75, 3.05) is 32.0 Å². The molecule has 1 amide bonds. The zero-order valence-corrected chi connectivity index (χ0v) is 18.5. The average Bonchev–Trinajstić information content (AvgIpc) is 3.23. The molecule has 2 aliphatic rings. The van der Waals surface area contributed by atoms with Crippen LogP contribution in [0.5, 0.6) is 0 Å². The maximum Gasteiger partial charge on any atom is 0.255 e. The molecule has 2 fully saturated rings. The van der Waals surface area contributed by atoms with Gasteiger partial charge in [-0.2, -0.15) is 0 Å². The normalized spacial score (nSPS) is 22.2. The standard InChI is InChI=1S/C20H27ClF2N2O4S/c1-2-30(27,28)25-9-7-20(8-10-25,12-14-4-3-11-29-14)13-24-19(26)17-15(22)5-6-16(23)18(17)21/h5-6,14H,2-4,7-13H2,1H3,(H,24,26). The third-order valence-corrected chi connectivity index (χ3v) is 8.37. The summed E-state index contributed by atoms with van der Waals surface area (Å²) >= 11 is 5.80. The van der Waals surface area contributed by atoms with Crippen LogP contribution >= 0.6 is 11.6 Å². The fraction of sp³-hybridized carbons (Fsp3) is 0.650. The SMILES string of the molecule is CCS(=O)(=O)N1CCC(CNC(=O)c2c(F)ccc(F)c2Cl)(CC2CCCO2)CC1. The molecule has 1 N–H and O–H groups in total. The highest BCUT2D eigenvalue weighted by Gasteiger charge is 2.40. The third-order valence-electron chi connectivity index (χ3n) is 6.12. The Labute approximate surface area is 181 Å². The van der Waals surface area contributed by atoms with E-state index in [2.05, 4.69) is 5.32 Å². The molecule has 1 atom stereocenters. The van der Waals surface area contributed by atoms with Crippen molar-refractivity contribution >= 4 is 27.5 Å². The molecule has 1 unspecified atom stereocenters. The Morgan fingerprint density at radius 1 is 1.30 bits per heavy atom. The Hall–Kier alpha value is -1.29. The number of ether oxygens (including phenoxy) is 1. The van der Waals surface area contributed by atoms with Gasteiger partial charge in [0.25, 0.3) is 5.91 Å². The Morgan fingerprint density at radius 2 is 1.97 bits per heavy atom. The van der Waals surface area contributed by atoms with Crippen LogP contribution < -0.4 is 5.32 Å². The monoisotopic (exact) mass is 464 g/mol. The molecule has 2 saturated heterocycles. The van der Waals surface area contributed by atoms with E-state index in [9.17, 15) is 22.0 Å². The average molecular weight is 465 g/mol. The Kier molecular flexibility index (Phi) is 7.37. The molecule has 168 valence electrons. The molecule has 30 heavy (non-hydrogen) atoms. The highest BCUT2D eigenvalue weighted by atomic mass is 35.5. The molecule has 10 heteroatoms. The predicted octanol–water partition coefficient (Wildman–Crippen LogP) is 3.35. The minimum absolute atomic E-state index is 0.0415. The highest BCUT2D eigenvalue weighted by molar-refractivity contribution is 7.89. The number of hydrogen-bond donors (Lipinski definition) is 1. The highest BCUT2D eigenvalue weighted by Crippen LogP contribution is 2.39. The van der Waals surface area contributed by atoms with Crippen LogP contribution in [0.2, 0.25) is 5.02 Å². The molecule has 0 bridgehead atoms. The number of carbonyl (C=O) groups excluding carboxylic acids is 1. The minimum atomic E-state index is -3.28. The maximum atomic E-state index is 14.1. The number of nitrogens with one attached hydrogen (secondary N) is 1. The van der Waals surface area contributed by atoms with Gasteiger partial charge in [0.1, 0.15) is 11.6 Å². The molecule has 1 aromatic rings. The number of hydrogen-bond acceptors (Lipinski definition) is 4. The Balaban J connectivity index is 1.74. The largest absolute Gasteiger partial charge is 0.378 e. The molecule has 0 radical (unpaired) electrons. The zero-order chi connectivity index (χ0) is 21.9. The number of piperidine rings is 1. The van der Waals surface area contributed by atoms with E-state index < -0.39 is 38.2 Å². The number of carbonyl (C=O) groups is 1. The summed E-state index contributed by atoms with van der Waals surface area (Å²) in [6.45, 7) is 3.22. The molecule has 0 saturated carbocycles. The molecule has 1 aromatic carbocycles. The van der Waals surface area contributed by atoms with Gasteiger partial charge in [0, 0.05) is 26.2 Å². The fourth-order valence-corrected chi connectivity index (χ4v) is 5.60. The van der Waals surface area contributed by atoms with E-state index in [4.69, 9.17) is 16.3 Å². The van der Waals surface area contributed by atoms with Gasteiger partial charge >= 0.3 is 0 Å². The van der Waals surface area contributed by atoms with E-state index in [1.54, 1.807) is 6.92 Å². The van der Waals surface area contributed by atoms with Crippen molar-refractivity contribution in [1.29, 1.82) is 0 Å². The second kappa shape index (κ2) is 9.46. The first-order chi connectivity index (χ1) is 14.2. The number of sulfonamides is 1.